The molecule has 2 aliphatic heterocycles. The van der Waals surface area contributed by atoms with Gasteiger partial charge in [-0.2, -0.15) is 0 Å². The maximum atomic E-state index is 11.4. The Bertz CT molecular complexity index is 281. The molecule has 2 aliphatic rings. The van der Waals surface area contributed by atoms with Crippen LogP contribution in [0, 0.1) is 0 Å². The fourth-order valence-electron chi connectivity index (χ4n) is 2.33. The van der Waals surface area contributed by atoms with Crippen molar-refractivity contribution in [2.75, 3.05) is 6.61 Å². The molecule has 2 saturated heterocycles. The van der Waals surface area contributed by atoms with Gasteiger partial charge in [0.2, 0.25) is 0 Å². The Morgan fingerprint density at radius 2 is 1.83 bits per heavy atom. The number of fused-ring (bicyclic) bond motifs is 1. The fraction of sp³-hybridized carbons (Fsp3) is 0.923. The van der Waals surface area contributed by atoms with Crippen LogP contribution in [0.2, 0.25) is 0 Å². The van der Waals surface area contributed by atoms with Gasteiger partial charge in [0.05, 0.1) is 13.0 Å². The number of epoxide rings is 1. The highest BCUT2D eigenvalue weighted by Crippen LogP contribution is 2.39. The van der Waals surface area contributed by atoms with Gasteiger partial charge in [0.15, 0.2) is 0 Å². The molecule has 2 fully saturated rings. The monoisotopic (exact) mass is 258 g/mol. The van der Waals surface area contributed by atoms with Crippen LogP contribution in [0.3, 0.4) is 0 Å². The third-order valence-electron chi connectivity index (χ3n) is 3.36. The minimum absolute atomic E-state index is 0.00906. The van der Waals surface area contributed by atoms with Crippen LogP contribution in [0.1, 0.15) is 46.0 Å². The second-order valence-corrected chi connectivity index (χ2v) is 4.84. The summed E-state index contributed by atoms with van der Waals surface area (Å²) in [6.07, 6.45) is 4.51. The van der Waals surface area contributed by atoms with Crippen molar-refractivity contribution in [3.8, 4) is 0 Å². The van der Waals surface area contributed by atoms with Gasteiger partial charge in [-0.15, -0.1) is 0 Å². The maximum Gasteiger partial charge on any atom is 0.308 e. The van der Waals surface area contributed by atoms with E-state index in [1.807, 2.05) is 0 Å². The Kier molecular flexibility index (Phi) is 4.97. The zero-order valence-corrected chi connectivity index (χ0v) is 11.1. The Morgan fingerprint density at radius 3 is 2.56 bits per heavy atom. The Balaban J connectivity index is 1.70. The first-order valence-corrected chi connectivity index (χ1v) is 6.89. The Morgan fingerprint density at radius 1 is 1.11 bits per heavy atom. The van der Waals surface area contributed by atoms with Crippen molar-refractivity contribution in [3.05, 3.63) is 0 Å². The molecule has 4 atom stereocenters. The summed E-state index contributed by atoms with van der Waals surface area (Å²) in [5.41, 5.74) is 0. The van der Waals surface area contributed by atoms with Crippen molar-refractivity contribution in [3.63, 3.8) is 0 Å². The van der Waals surface area contributed by atoms with Crippen LogP contribution in [0.25, 0.3) is 0 Å². The van der Waals surface area contributed by atoms with E-state index in [1.54, 1.807) is 6.92 Å². The number of esters is 1. The predicted molar refractivity (Wildman–Crippen MR) is 63.8 cm³/mol. The number of unbranched alkanes of at least 4 members (excludes halogenated alkanes) is 2. The van der Waals surface area contributed by atoms with E-state index in [-0.39, 0.29) is 36.8 Å². The second kappa shape index (κ2) is 6.50. The normalized spacial score (nSPS) is 33.9. The molecule has 0 aliphatic carbocycles. The SMILES string of the molecule is CCCCC[C@@H]1OO[C@H](CC(=O)OCC)[C@H]2O[C@H]21. The average Bonchev–Trinajstić information content (AvgIpc) is 3.13. The minimum atomic E-state index is -0.309. The molecule has 0 aromatic heterocycles. The van der Waals surface area contributed by atoms with Gasteiger partial charge in [-0.3, -0.25) is 4.79 Å². The molecule has 0 aromatic rings. The lowest BCUT2D eigenvalue weighted by Gasteiger charge is -2.23. The minimum Gasteiger partial charge on any atom is -0.466 e. The molecule has 5 nitrogen and oxygen atoms in total. The third kappa shape index (κ3) is 3.43. The molecular formula is C13H22O5. The van der Waals surface area contributed by atoms with E-state index in [4.69, 9.17) is 19.2 Å². The summed E-state index contributed by atoms with van der Waals surface area (Å²) in [5, 5.41) is 0. The van der Waals surface area contributed by atoms with Gasteiger partial charge < -0.3 is 9.47 Å². The van der Waals surface area contributed by atoms with Gasteiger partial charge in [0.1, 0.15) is 24.4 Å². The van der Waals surface area contributed by atoms with Crippen LogP contribution < -0.4 is 0 Å². The molecule has 2 heterocycles. The Labute approximate surface area is 108 Å². The van der Waals surface area contributed by atoms with Crippen molar-refractivity contribution >= 4 is 5.97 Å². The molecule has 0 amide bonds. The molecule has 5 heteroatoms. The Hall–Kier alpha value is -0.650. The molecule has 0 aromatic carbocycles. The van der Waals surface area contributed by atoms with E-state index in [9.17, 15) is 4.79 Å². The molecule has 0 N–H and O–H groups in total. The number of hydrogen-bond donors (Lipinski definition) is 0. The van der Waals surface area contributed by atoms with Crippen LogP contribution in [0.5, 0.6) is 0 Å². The summed E-state index contributed by atoms with van der Waals surface area (Å²) in [6, 6.07) is 0. The second-order valence-electron chi connectivity index (χ2n) is 4.84. The fourth-order valence-corrected chi connectivity index (χ4v) is 2.33. The zero-order valence-electron chi connectivity index (χ0n) is 11.1. The molecule has 0 unspecified atom stereocenters. The number of rotatable bonds is 7. The highest BCUT2D eigenvalue weighted by molar-refractivity contribution is 5.70. The summed E-state index contributed by atoms with van der Waals surface area (Å²) < 4.78 is 10.4. The molecule has 18 heavy (non-hydrogen) atoms. The first kappa shape index (κ1) is 13.8. The maximum absolute atomic E-state index is 11.4. The lowest BCUT2D eigenvalue weighted by atomic mass is 10.0. The predicted octanol–water partition coefficient (Wildman–Crippen LogP) is 1.99. The first-order valence-electron chi connectivity index (χ1n) is 6.89. The molecule has 0 saturated carbocycles. The first-order chi connectivity index (χ1) is 8.76. The molecule has 0 bridgehead atoms. The lowest BCUT2D eigenvalue weighted by molar-refractivity contribution is -0.365. The van der Waals surface area contributed by atoms with Crippen molar-refractivity contribution in [2.45, 2.75) is 70.4 Å². The molecule has 104 valence electrons. The van der Waals surface area contributed by atoms with Crippen LogP contribution in [-0.2, 0) is 24.0 Å². The van der Waals surface area contributed by atoms with E-state index in [0.717, 1.165) is 12.8 Å². The number of carbonyl (C=O) groups is 1. The van der Waals surface area contributed by atoms with Gasteiger partial charge in [-0.1, -0.05) is 26.2 Å². The summed E-state index contributed by atoms with van der Waals surface area (Å²) in [4.78, 5) is 22.0. The van der Waals surface area contributed by atoms with Gasteiger partial charge in [-0.25, -0.2) is 9.78 Å². The van der Waals surface area contributed by atoms with Crippen LogP contribution in [0.15, 0.2) is 0 Å². The standard InChI is InChI=1S/C13H22O5/c1-3-5-6-7-9-12-13(16-12)10(18-17-9)8-11(14)15-4-2/h9-10,12-13H,3-8H2,1-2H3/t9-,10+,12-,13+/m0/s1. The molecule has 0 radical (unpaired) electrons. The van der Waals surface area contributed by atoms with Crippen molar-refractivity contribution in [1.82, 2.24) is 0 Å². The smallest absolute Gasteiger partial charge is 0.308 e. The summed E-state index contributed by atoms with van der Waals surface area (Å²) in [7, 11) is 0. The number of carbonyl (C=O) groups excluding carboxylic acids is 1. The molecular weight excluding hydrogens is 236 g/mol. The van der Waals surface area contributed by atoms with Gasteiger partial charge in [-0.05, 0) is 13.3 Å². The van der Waals surface area contributed by atoms with E-state index < -0.39 is 0 Å². The van der Waals surface area contributed by atoms with E-state index in [1.165, 1.54) is 12.8 Å². The van der Waals surface area contributed by atoms with Gasteiger partial charge in [0, 0.05) is 0 Å². The quantitative estimate of drug-likeness (QED) is 0.302. The summed E-state index contributed by atoms with van der Waals surface area (Å²) >= 11 is 0. The zero-order chi connectivity index (χ0) is 13.0. The molecule has 2 rings (SSSR count). The van der Waals surface area contributed by atoms with E-state index in [0.29, 0.717) is 6.61 Å². The van der Waals surface area contributed by atoms with E-state index >= 15 is 0 Å². The largest absolute Gasteiger partial charge is 0.466 e. The topological polar surface area (TPSA) is 57.3 Å². The highest BCUT2D eigenvalue weighted by atomic mass is 17.2. The van der Waals surface area contributed by atoms with Crippen LogP contribution in [-0.4, -0.2) is 37.0 Å². The van der Waals surface area contributed by atoms with E-state index in [2.05, 4.69) is 6.92 Å². The summed E-state index contributed by atoms with van der Waals surface area (Å²) in [5.74, 6) is -0.259. The lowest BCUT2D eigenvalue weighted by Crippen LogP contribution is -2.37. The van der Waals surface area contributed by atoms with Crippen molar-refractivity contribution in [1.29, 1.82) is 0 Å². The van der Waals surface area contributed by atoms with Crippen molar-refractivity contribution < 1.29 is 24.0 Å². The molecule has 0 spiro atoms. The average molecular weight is 258 g/mol. The van der Waals surface area contributed by atoms with Crippen molar-refractivity contribution in [2.24, 2.45) is 0 Å². The van der Waals surface area contributed by atoms with Gasteiger partial charge >= 0.3 is 5.97 Å². The summed E-state index contributed by atoms with van der Waals surface area (Å²) in [6.45, 7) is 4.35. The number of ether oxygens (including phenoxy) is 2. The van der Waals surface area contributed by atoms with Gasteiger partial charge in [0.25, 0.3) is 0 Å². The van der Waals surface area contributed by atoms with Crippen LogP contribution >= 0.6 is 0 Å². The number of hydrogen-bond acceptors (Lipinski definition) is 5. The van der Waals surface area contributed by atoms with Crippen LogP contribution in [0.4, 0.5) is 0 Å². The third-order valence-corrected chi connectivity index (χ3v) is 3.36. The highest BCUT2D eigenvalue weighted by Gasteiger charge is 2.55.